The Labute approximate surface area is 111 Å². The Hall–Kier alpha value is -0.540. The summed E-state index contributed by atoms with van der Waals surface area (Å²) in [5.41, 5.74) is -0.259. The van der Waals surface area contributed by atoms with Crippen molar-refractivity contribution in [1.82, 2.24) is 4.90 Å². The van der Waals surface area contributed by atoms with E-state index < -0.39 is 11.1 Å². The minimum absolute atomic E-state index is 0.0551. The number of amides is 1. The second kappa shape index (κ2) is 2.40. The molecule has 3 nitrogen and oxygen atoms in total. The highest BCUT2D eigenvalue weighted by molar-refractivity contribution is 6.19. The predicted molar refractivity (Wildman–Crippen MR) is 65.6 cm³/mol. The van der Waals surface area contributed by atoms with Crippen LogP contribution in [0.15, 0.2) is 12.2 Å². The van der Waals surface area contributed by atoms with Crippen molar-refractivity contribution in [1.29, 1.82) is 0 Å². The highest BCUT2D eigenvalue weighted by Gasteiger charge is 2.90. The Morgan fingerprint density at radius 1 is 1.56 bits per heavy atom. The predicted octanol–water partition coefficient (Wildman–Crippen LogP) is 1.07. The lowest BCUT2D eigenvalue weighted by molar-refractivity contribution is -0.169. The quantitative estimate of drug-likeness (QED) is 0.569. The first kappa shape index (κ1) is 10.3. The Balaban J connectivity index is 1.88. The molecule has 1 saturated heterocycles. The van der Waals surface area contributed by atoms with Gasteiger partial charge in [-0.25, -0.2) is 0 Å². The second-order valence-electron chi connectivity index (χ2n) is 6.94. The van der Waals surface area contributed by atoms with Crippen LogP contribution in [0.3, 0.4) is 0 Å². The van der Waals surface area contributed by atoms with Crippen molar-refractivity contribution < 1.29 is 9.90 Å². The third kappa shape index (κ3) is 0.568. The molecule has 5 fully saturated rings. The van der Waals surface area contributed by atoms with Gasteiger partial charge in [0.15, 0.2) is 5.72 Å². The van der Waals surface area contributed by atoms with E-state index in [0.29, 0.717) is 29.6 Å². The molecule has 4 aliphatic carbocycles. The van der Waals surface area contributed by atoms with Crippen LogP contribution in [-0.2, 0) is 4.79 Å². The van der Waals surface area contributed by atoms with Gasteiger partial charge in [-0.05, 0) is 30.1 Å². The van der Waals surface area contributed by atoms with Crippen molar-refractivity contribution in [3.63, 3.8) is 0 Å². The number of carbonyl (C=O) groups excluding carboxylic acids is 1. The number of carbonyl (C=O) groups is 1. The van der Waals surface area contributed by atoms with E-state index in [1.165, 1.54) is 5.57 Å². The summed E-state index contributed by atoms with van der Waals surface area (Å²) in [7, 11) is 1.75. The van der Waals surface area contributed by atoms with E-state index in [2.05, 4.69) is 6.58 Å². The lowest BCUT2D eigenvalue weighted by Crippen LogP contribution is -2.59. The lowest BCUT2D eigenvalue weighted by atomic mass is 9.57. The first-order valence-electron chi connectivity index (χ1n) is 6.76. The van der Waals surface area contributed by atoms with Crippen molar-refractivity contribution in [3.8, 4) is 0 Å². The highest BCUT2D eigenvalue weighted by Crippen LogP contribution is 2.86. The van der Waals surface area contributed by atoms with Gasteiger partial charge in [-0.15, -0.1) is 11.6 Å². The number of hydrogen-bond acceptors (Lipinski definition) is 2. The first-order valence-corrected chi connectivity index (χ1v) is 7.30. The van der Waals surface area contributed by atoms with Gasteiger partial charge in [0.1, 0.15) is 0 Å². The molecule has 0 spiro atoms. The topological polar surface area (TPSA) is 40.5 Å². The summed E-state index contributed by atoms with van der Waals surface area (Å²) in [6.07, 6.45) is 1.07. The normalized spacial score (nSPS) is 66.1. The third-order valence-electron chi connectivity index (χ3n) is 7.17. The van der Waals surface area contributed by atoms with E-state index in [9.17, 15) is 9.90 Å². The summed E-state index contributed by atoms with van der Waals surface area (Å²) < 4.78 is 0. The van der Waals surface area contributed by atoms with Crippen LogP contribution in [0.2, 0.25) is 0 Å². The van der Waals surface area contributed by atoms with Crippen LogP contribution >= 0.6 is 11.6 Å². The van der Waals surface area contributed by atoms with E-state index in [1.54, 1.807) is 11.9 Å². The molecule has 96 valence electrons. The molecule has 1 N–H and O–H groups in total. The fourth-order valence-corrected chi connectivity index (χ4v) is 7.40. The second-order valence-corrected chi connectivity index (χ2v) is 7.20. The SMILES string of the molecule is C=C1C2C3CC4C2C1C1(O)N(C)C(=O)C3C41CCl. The van der Waals surface area contributed by atoms with Crippen molar-refractivity contribution in [2.24, 2.45) is 40.9 Å². The number of aliphatic hydroxyl groups is 1. The van der Waals surface area contributed by atoms with Crippen LogP contribution in [0.1, 0.15) is 6.42 Å². The lowest BCUT2D eigenvalue weighted by Gasteiger charge is -2.51. The molecule has 4 heteroatoms. The Morgan fingerprint density at radius 3 is 2.94 bits per heavy atom. The van der Waals surface area contributed by atoms with Gasteiger partial charge >= 0.3 is 0 Å². The summed E-state index contributed by atoms with van der Waals surface area (Å²) in [4.78, 5) is 14.1. The minimum Gasteiger partial charge on any atom is -0.369 e. The molecule has 0 radical (unpaired) electrons. The number of nitrogens with zero attached hydrogens (tertiary/aromatic N) is 1. The standard InChI is InChI=1S/C14H16ClNO2/c1-5-8-6-3-7-9(8)10(5)14(18)13(7,4-15)11(6)12(17)16(14)2/h6-11,18H,1,3-4H2,2H3. The average molecular weight is 266 g/mol. The third-order valence-corrected chi connectivity index (χ3v) is 7.61. The molecule has 2 bridgehead atoms. The molecule has 0 aromatic carbocycles. The number of halogens is 1. The molecule has 4 saturated carbocycles. The molecule has 0 aromatic heterocycles. The van der Waals surface area contributed by atoms with Crippen LogP contribution in [0.25, 0.3) is 0 Å². The Bertz CT molecular complexity index is 534. The molecule has 0 aromatic rings. The zero-order valence-corrected chi connectivity index (χ0v) is 11.0. The fraction of sp³-hybridized carbons (Fsp3) is 0.786. The number of likely N-dealkylation sites (tertiary alicyclic amines) is 1. The molecule has 5 aliphatic rings. The summed E-state index contributed by atoms with van der Waals surface area (Å²) in [5, 5.41) is 11.3. The maximum Gasteiger partial charge on any atom is 0.228 e. The summed E-state index contributed by atoms with van der Waals surface area (Å²) >= 11 is 6.30. The fourth-order valence-electron chi connectivity index (χ4n) is 6.84. The van der Waals surface area contributed by atoms with E-state index in [-0.39, 0.29) is 17.7 Å². The number of hydrogen-bond donors (Lipinski definition) is 1. The first-order chi connectivity index (χ1) is 8.51. The van der Waals surface area contributed by atoms with Crippen molar-refractivity contribution >= 4 is 17.5 Å². The molecule has 1 amide bonds. The van der Waals surface area contributed by atoms with E-state index in [1.807, 2.05) is 0 Å². The van der Waals surface area contributed by atoms with Gasteiger partial charge in [0, 0.05) is 24.3 Å². The minimum atomic E-state index is -1.05. The molecular formula is C14H16ClNO2. The van der Waals surface area contributed by atoms with Crippen molar-refractivity contribution in [3.05, 3.63) is 12.2 Å². The number of rotatable bonds is 1. The summed E-state index contributed by atoms with van der Waals surface area (Å²) in [6, 6.07) is 0. The van der Waals surface area contributed by atoms with Crippen molar-refractivity contribution in [2.45, 2.75) is 12.1 Å². The number of alkyl halides is 1. The van der Waals surface area contributed by atoms with Gasteiger partial charge in [-0.3, -0.25) is 4.79 Å². The molecule has 1 heterocycles. The molecule has 5 rings (SSSR count). The van der Waals surface area contributed by atoms with E-state index in [4.69, 9.17) is 11.6 Å². The summed E-state index contributed by atoms with van der Waals surface area (Å²) in [5.74, 6) is 2.41. The van der Waals surface area contributed by atoms with Crippen LogP contribution in [0.4, 0.5) is 0 Å². The maximum absolute atomic E-state index is 12.5. The van der Waals surface area contributed by atoms with E-state index >= 15 is 0 Å². The molecule has 8 atom stereocenters. The smallest absolute Gasteiger partial charge is 0.228 e. The van der Waals surface area contributed by atoms with Gasteiger partial charge in [-0.1, -0.05) is 12.2 Å². The highest BCUT2D eigenvalue weighted by atomic mass is 35.5. The van der Waals surface area contributed by atoms with Crippen LogP contribution < -0.4 is 0 Å². The largest absolute Gasteiger partial charge is 0.369 e. The number of fused-ring (bicyclic) bond motifs is 4. The molecular weight excluding hydrogens is 250 g/mol. The van der Waals surface area contributed by atoms with Gasteiger partial charge in [0.05, 0.1) is 5.92 Å². The summed E-state index contributed by atoms with van der Waals surface area (Å²) in [6.45, 7) is 4.21. The van der Waals surface area contributed by atoms with Gasteiger partial charge in [0.2, 0.25) is 5.91 Å². The molecule has 1 aliphatic heterocycles. The van der Waals surface area contributed by atoms with Crippen molar-refractivity contribution in [2.75, 3.05) is 12.9 Å². The Kier molecular flexibility index (Phi) is 1.37. The Morgan fingerprint density at radius 2 is 2.28 bits per heavy atom. The van der Waals surface area contributed by atoms with Gasteiger partial charge in [0.25, 0.3) is 0 Å². The maximum atomic E-state index is 12.5. The zero-order chi connectivity index (χ0) is 12.6. The molecule has 8 unspecified atom stereocenters. The monoisotopic (exact) mass is 265 g/mol. The van der Waals surface area contributed by atoms with Gasteiger partial charge < -0.3 is 10.0 Å². The average Bonchev–Trinajstić information content (AvgIpc) is 2.90. The van der Waals surface area contributed by atoms with Crippen LogP contribution in [-0.4, -0.2) is 34.6 Å². The van der Waals surface area contributed by atoms with E-state index in [0.717, 1.165) is 6.42 Å². The van der Waals surface area contributed by atoms with Crippen LogP contribution in [0, 0.1) is 40.9 Å². The van der Waals surface area contributed by atoms with Crippen LogP contribution in [0.5, 0.6) is 0 Å². The molecule has 18 heavy (non-hydrogen) atoms. The van der Waals surface area contributed by atoms with Gasteiger partial charge in [-0.2, -0.15) is 0 Å². The zero-order valence-electron chi connectivity index (χ0n) is 10.3.